The van der Waals surface area contributed by atoms with E-state index in [0.717, 1.165) is 43.0 Å². The molecule has 6 nitrogen and oxygen atoms in total. The van der Waals surface area contributed by atoms with Crippen LogP contribution in [-0.2, 0) is 5.54 Å². The van der Waals surface area contributed by atoms with Gasteiger partial charge in [-0.2, -0.15) is 0 Å². The number of nitrogens with two attached hydrogens (primary N) is 1. The smallest absolute Gasteiger partial charge is 0.255 e. The number of anilines is 2. The summed E-state index contributed by atoms with van der Waals surface area (Å²) in [4.78, 5) is 20.9. The Morgan fingerprint density at radius 2 is 1.88 bits per heavy atom. The van der Waals surface area contributed by atoms with Gasteiger partial charge in [-0.05, 0) is 50.5 Å². The zero-order valence-electron chi connectivity index (χ0n) is 15.2. The van der Waals surface area contributed by atoms with Crippen molar-refractivity contribution >= 4 is 17.4 Å². The molecule has 2 N–H and O–H groups in total. The number of amides is 1. The van der Waals surface area contributed by atoms with E-state index < -0.39 is 0 Å². The van der Waals surface area contributed by atoms with Crippen LogP contribution in [0.15, 0.2) is 36.5 Å². The lowest BCUT2D eigenvalue weighted by Crippen LogP contribution is -2.28. The predicted molar refractivity (Wildman–Crippen MR) is 101 cm³/mol. The fourth-order valence-corrected chi connectivity index (χ4v) is 3.43. The van der Waals surface area contributed by atoms with E-state index in [1.165, 1.54) is 0 Å². The largest absolute Gasteiger partial charge is 0.469 e. The first kappa shape index (κ1) is 16.8. The van der Waals surface area contributed by atoms with Crippen LogP contribution in [0.1, 0.15) is 42.6 Å². The van der Waals surface area contributed by atoms with Gasteiger partial charge in [0.15, 0.2) is 18.3 Å². The minimum Gasteiger partial charge on any atom is -0.469 e. The number of rotatable bonds is 3. The van der Waals surface area contributed by atoms with Crippen molar-refractivity contribution in [3.8, 4) is 5.75 Å². The van der Waals surface area contributed by atoms with Crippen molar-refractivity contribution in [1.29, 1.82) is 0 Å². The molecule has 0 radical (unpaired) electrons. The number of benzene rings is 1. The number of pyridine rings is 1. The normalized spacial score (nSPS) is 16.6. The molecule has 1 aromatic carbocycles. The van der Waals surface area contributed by atoms with Crippen LogP contribution in [0.2, 0.25) is 0 Å². The molecule has 0 bridgehead atoms. The van der Waals surface area contributed by atoms with Gasteiger partial charge in [0.25, 0.3) is 5.91 Å². The summed E-state index contributed by atoms with van der Waals surface area (Å²) in [6, 6.07) is 9.90. The highest BCUT2D eigenvalue weighted by atomic mass is 16.5. The molecule has 0 aliphatic carbocycles. The molecule has 0 spiro atoms. The third-order valence-electron chi connectivity index (χ3n) is 5.00. The Morgan fingerprint density at radius 3 is 2.54 bits per heavy atom. The summed E-state index contributed by atoms with van der Waals surface area (Å²) in [5.41, 5.74) is 8.42. The molecule has 0 atom stereocenters. The number of likely N-dealkylation sites (tertiary alicyclic amines) is 1. The van der Waals surface area contributed by atoms with Gasteiger partial charge in [0.1, 0.15) is 0 Å². The molecule has 1 saturated heterocycles. The van der Waals surface area contributed by atoms with Crippen molar-refractivity contribution in [2.24, 2.45) is 5.73 Å². The standard InChI is InChI=1S/C20H24N4O2/c1-20(2,21)15-5-7-16(8-6-15)24-13-26-17-11-14(12-22-18(17)24)19(25)23-9-3-4-10-23/h5-8,11-12H,3-4,9-10,13,21H2,1-2H3. The van der Waals surface area contributed by atoms with Crippen molar-refractivity contribution in [2.75, 3.05) is 24.7 Å². The van der Waals surface area contributed by atoms with E-state index in [-0.39, 0.29) is 11.4 Å². The molecule has 136 valence electrons. The van der Waals surface area contributed by atoms with E-state index in [0.29, 0.717) is 18.0 Å². The number of carbonyl (C=O) groups excluding carboxylic acids is 1. The highest BCUT2D eigenvalue weighted by Gasteiger charge is 2.27. The van der Waals surface area contributed by atoms with Gasteiger partial charge in [-0.25, -0.2) is 4.98 Å². The lowest BCUT2D eigenvalue weighted by atomic mass is 9.95. The molecule has 3 heterocycles. The highest BCUT2D eigenvalue weighted by molar-refractivity contribution is 5.95. The minimum atomic E-state index is -0.374. The maximum Gasteiger partial charge on any atom is 0.255 e. The summed E-state index contributed by atoms with van der Waals surface area (Å²) in [6.07, 6.45) is 3.80. The summed E-state index contributed by atoms with van der Waals surface area (Å²) in [5.74, 6) is 1.43. The summed E-state index contributed by atoms with van der Waals surface area (Å²) < 4.78 is 5.78. The third-order valence-corrected chi connectivity index (χ3v) is 5.00. The van der Waals surface area contributed by atoms with Gasteiger partial charge < -0.3 is 15.4 Å². The first-order valence-electron chi connectivity index (χ1n) is 9.02. The number of hydrogen-bond donors (Lipinski definition) is 1. The molecule has 2 aromatic rings. The van der Waals surface area contributed by atoms with Gasteiger partial charge in [-0.15, -0.1) is 0 Å². The van der Waals surface area contributed by atoms with E-state index >= 15 is 0 Å². The Morgan fingerprint density at radius 1 is 1.19 bits per heavy atom. The quantitative estimate of drug-likeness (QED) is 0.919. The zero-order valence-corrected chi connectivity index (χ0v) is 15.2. The molecule has 2 aliphatic rings. The molecule has 0 unspecified atom stereocenters. The predicted octanol–water partition coefficient (Wildman–Crippen LogP) is 3.00. The molecule has 2 aliphatic heterocycles. The Hall–Kier alpha value is -2.60. The molecule has 1 fully saturated rings. The summed E-state index contributed by atoms with van der Waals surface area (Å²) in [7, 11) is 0. The van der Waals surface area contributed by atoms with Crippen molar-refractivity contribution in [2.45, 2.75) is 32.2 Å². The summed E-state index contributed by atoms with van der Waals surface area (Å²) in [5, 5.41) is 0. The van der Waals surface area contributed by atoms with Gasteiger partial charge in [-0.3, -0.25) is 9.69 Å². The first-order chi connectivity index (χ1) is 12.4. The number of aromatic nitrogens is 1. The van der Waals surface area contributed by atoms with Crippen molar-refractivity contribution in [3.63, 3.8) is 0 Å². The van der Waals surface area contributed by atoms with Crippen LogP contribution in [0, 0.1) is 0 Å². The molecular weight excluding hydrogens is 328 g/mol. The van der Waals surface area contributed by atoms with Gasteiger partial charge in [-0.1, -0.05) is 12.1 Å². The number of fused-ring (bicyclic) bond motifs is 1. The van der Waals surface area contributed by atoms with Crippen molar-refractivity contribution in [1.82, 2.24) is 9.88 Å². The van der Waals surface area contributed by atoms with Gasteiger partial charge in [0, 0.05) is 30.5 Å². The van der Waals surface area contributed by atoms with Crippen LogP contribution in [-0.4, -0.2) is 35.6 Å². The maximum atomic E-state index is 12.5. The van der Waals surface area contributed by atoms with Crippen molar-refractivity contribution in [3.05, 3.63) is 47.7 Å². The molecular formula is C20H24N4O2. The average molecular weight is 352 g/mol. The molecule has 1 aromatic heterocycles. The van der Waals surface area contributed by atoms with Crippen LogP contribution in [0.5, 0.6) is 5.75 Å². The Kier molecular flexibility index (Phi) is 4.07. The van der Waals surface area contributed by atoms with Gasteiger partial charge >= 0.3 is 0 Å². The maximum absolute atomic E-state index is 12.5. The number of nitrogens with zero attached hydrogens (tertiary/aromatic N) is 3. The van der Waals surface area contributed by atoms with Crippen LogP contribution in [0.3, 0.4) is 0 Å². The van der Waals surface area contributed by atoms with E-state index in [4.69, 9.17) is 10.5 Å². The molecule has 6 heteroatoms. The molecule has 26 heavy (non-hydrogen) atoms. The van der Waals surface area contributed by atoms with Crippen LogP contribution >= 0.6 is 0 Å². The molecule has 1 amide bonds. The third kappa shape index (κ3) is 3.01. The second-order valence-electron chi connectivity index (χ2n) is 7.52. The highest BCUT2D eigenvalue weighted by Crippen LogP contribution is 2.38. The number of hydrogen-bond acceptors (Lipinski definition) is 5. The monoisotopic (exact) mass is 352 g/mol. The van der Waals surface area contributed by atoms with Crippen LogP contribution in [0.25, 0.3) is 0 Å². The lowest BCUT2D eigenvalue weighted by molar-refractivity contribution is 0.0792. The molecule has 0 saturated carbocycles. The van der Waals surface area contributed by atoms with E-state index in [1.807, 2.05) is 47.9 Å². The second kappa shape index (κ2) is 6.29. The lowest BCUT2D eigenvalue weighted by Gasteiger charge is -2.21. The van der Waals surface area contributed by atoms with Crippen molar-refractivity contribution < 1.29 is 9.53 Å². The van der Waals surface area contributed by atoms with E-state index in [2.05, 4.69) is 4.98 Å². The topological polar surface area (TPSA) is 71.7 Å². The van der Waals surface area contributed by atoms with Crippen LogP contribution < -0.4 is 15.4 Å². The fourth-order valence-electron chi connectivity index (χ4n) is 3.43. The second-order valence-corrected chi connectivity index (χ2v) is 7.52. The molecule has 4 rings (SSSR count). The first-order valence-corrected chi connectivity index (χ1v) is 9.02. The minimum absolute atomic E-state index is 0.0365. The van der Waals surface area contributed by atoms with E-state index in [1.54, 1.807) is 12.3 Å². The number of ether oxygens (including phenoxy) is 1. The van der Waals surface area contributed by atoms with Crippen LogP contribution in [0.4, 0.5) is 11.5 Å². The SMILES string of the molecule is CC(C)(N)c1ccc(N2COc3cc(C(=O)N4CCCC4)cnc32)cc1. The summed E-state index contributed by atoms with van der Waals surface area (Å²) in [6.45, 7) is 6.00. The zero-order chi connectivity index (χ0) is 18.3. The average Bonchev–Trinajstić information content (AvgIpc) is 3.30. The Bertz CT molecular complexity index is 821. The van der Waals surface area contributed by atoms with E-state index in [9.17, 15) is 4.79 Å². The van der Waals surface area contributed by atoms with Gasteiger partial charge in [0.2, 0.25) is 0 Å². The fraction of sp³-hybridized carbons (Fsp3) is 0.400. The summed E-state index contributed by atoms with van der Waals surface area (Å²) >= 11 is 0. The Balaban J connectivity index is 1.57. The number of carbonyl (C=O) groups is 1. The van der Waals surface area contributed by atoms with Gasteiger partial charge in [0.05, 0.1) is 5.56 Å². The Labute approximate surface area is 153 Å².